The summed E-state index contributed by atoms with van der Waals surface area (Å²) < 4.78 is 17.2. The zero-order valence-corrected chi connectivity index (χ0v) is 25.8. The minimum atomic E-state index is -0.301. The number of ether oxygens (including phenoxy) is 3. The van der Waals surface area contributed by atoms with Crippen LogP contribution in [0.5, 0.6) is 0 Å². The molecule has 1 rings (SSSR count). The molecule has 2 atom stereocenters. The molecule has 1 aromatic carbocycles. The molecular weight excluding hydrogens is 498 g/mol. The molecule has 0 fully saturated rings. The Hall–Kier alpha value is -1.57. The average Bonchev–Trinajstić information content (AvgIpc) is 2.85. The summed E-state index contributed by atoms with van der Waals surface area (Å²) in [6, 6.07) is 9.73. The third-order valence-electron chi connectivity index (χ3n) is 6.23. The predicted octanol–water partition coefficient (Wildman–Crippen LogP) is 6.94. The third kappa shape index (κ3) is 17.8. The number of hydrogen-bond acceptors (Lipinski definition) is 6. The lowest BCUT2D eigenvalue weighted by atomic mass is 10.0. The number of carbonyl (C=O) groups excluding carboxylic acids is 2. The molecule has 0 aliphatic heterocycles. The summed E-state index contributed by atoms with van der Waals surface area (Å²) in [7, 11) is 0. The van der Waals surface area contributed by atoms with E-state index in [1.807, 2.05) is 58.0 Å². The van der Waals surface area contributed by atoms with Crippen molar-refractivity contribution < 1.29 is 23.8 Å². The standard InChI is InChI=1S/C31H53NO5S/c1-8-9-11-16-27(38-22-17-28(33)35-24-26-14-12-10-13-15-26)23-25(2)29(34)32-19-21-37-31(6,7)18-20-36-30(3,4)5/h10,12-15,25,27H,8-9,11,16-24H2,1-7H3,(H,32,34). The van der Waals surface area contributed by atoms with E-state index < -0.39 is 0 Å². The summed E-state index contributed by atoms with van der Waals surface area (Å²) in [6.07, 6.45) is 6.53. The van der Waals surface area contributed by atoms with E-state index in [0.29, 0.717) is 43.8 Å². The van der Waals surface area contributed by atoms with Crippen LogP contribution in [-0.4, -0.2) is 53.8 Å². The van der Waals surface area contributed by atoms with Crippen LogP contribution in [-0.2, 0) is 30.4 Å². The summed E-state index contributed by atoms with van der Waals surface area (Å²) in [5.74, 6) is 0.506. The van der Waals surface area contributed by atoms with Gasteiger partial charge in [-0.15, -0.1) is 0 Å². The second kappa shape index (κ2) is 18.7. The molecule has 218 valence electrons. The monoisotopic (exact) mass is 551 g/mol. The molecule has 0 saturated heterocycles. The van der Waals surface area contributed by atoms with E-state index in [2.05, 4.69) is 26.1 Å². The van der Waals surface area contributed by atoms with E-state index in [1.54, 1.807) is 11.8 Å². The highest BCUT2D eigenvalue weighted by atomic mass is 32.2. The van der Waals surface area contributed by atoms with E-state index in [0.717, 1.165) is 37.7 Å². The van der Waals surface area contributed by atoms with Crippen molar-refractivity contribution in [1.29, 1.82) is 0 Å². The fourth-order valence-corrected chi connectivity index (χ4v) is 5.24. The number of amides is 1. The van der Waals surface area contributed by atoms with Gasteiger partial charge in [-0.25, -0.2) is 0 Å². The molecule has 1 aromatic rings. The third-order valence-corrected chi connectivity index (χ3v) is 7.57. The van der Waals surface area contributed by atoms with Gasteiger partial charge in [0.15, 0.2) is 0 Å². The normalized spacial score (nSPS) is 13.7. The summed E-state index contributed by atoms with van der Waals surface area (Å²) in [5.41, 5.74) is 0.540. The van der Waals surface area contributed by atoms with Gasteiger partial charge >= 0.3 is 5.97 Å². The summed E-state index contributed by atoms with van der Waals surface area (Å²) in [6.45, 7) is 16.4. The first-order valence-electron chi connectivity index (χ1n) is 14.3. The maximum Gasteiger partial charge on any atom is 0.306 e. The number of esters is 1. The Labute approximate surface area is 236 Å². The summed E-state index contributed by atoms with van der Waals surface area (Å²) in [4.78, 5) is 24.9. The van der Waals surface area contributed by atoms with Gasteiger partial charge in [0.2, 0.25) is 5.91 Å². The minimum Gasteiger partial charge on any atom is -0.461 e. The Morgan fingerprint density at radius 2 is 1.71 bits per heavy atom. The molecule has 2 unspecified atom stereocenters. The van der Waals surface area contributed by atoms with E-state index in [4.69, 9.17) is 14.2 Å². The lowest BCUT2D eigenvalue weighted by molar-refractivity contribution is -0.144. The van der Waals surface area contributed by atoms with Crippen molar-refractivity contribution in [2.24, 2.45) is 5.92 Å². The molecule has 0 heterocycles. The first-order valence-corrected chi connectivity index (χ1v) is 15.3. The van der Waals surface area contributed by atoms with Crippen LogP contribution in [0.15, 0.2) is 30.3 Å². The quantitative estimate of drug-likeness (QED) is 0.140. The number of rotatable bonds is 20. The molecule has 1 amide bonds. The van der Waals surface area contributed by atoms with Crippen LogP contribution in [0.2, 0.25) is 0 Å². The van der Waals surface area contributed by atoms with Gasteiger partial charge in [0.1, 0.15) is 6.61 Å². The molecule has 0 radical (unpaired) electrons. The molecule has 38 heavy (non-hydrogen) atoms. The molecule has 0 saturated carbocycles. The number of hydrogen-bond donors (Lipinski definition) is 1. The van der Waals surface area contributed by atoms with Gasteiger partial charge in [-0.1, -0.05) is 63.4 Å². The van der Waals surface area contributed by atoms with Crippen LogP contribution in [0.3, 0.4) is 0 Å². The van der Waals surface area contributed by atoms with Crippen molar-refractivity contribution in [3.63, 3.8) is 0 Å². The van der Waals surface area contributed by atoms with Crippen molar-refractivity contribution in [1.82, 2.24) is 5.32 Å². The van der Waals surface area contributed by atoms with Crippen molar-refractivity contribution in [3.8, 4) is 0 Å². The smallest absolute Gasteiger partial charge is 0.306 e. The van der Waals surface area contributed by atoms with Crippen molar-refractivity contribution in [2.45, 2.75) is 116 Å². The molecule has 0 aliphatic carbocycles. The molecule has 6 nitrogen and oxygen atoms in total. The molecular formula is C31H53NO5S. The Bertz CT molecular complexity index is 778. The van der Waals surface area contributed by atoms with Gasteiger partial charge in [-0.05, 0) is 59.4 Å². The van der Waals surface area contributed by atoms with Crippen LogP contribution in [0.4, 0.5) is 0 Å². The van der Waals surface area contributed by atoms with Crippen LogP contribution in [0.25, 0.3) is 0 Å². The Balaban J connectivity index is 2.36. The molecule has 0 aromatic heterocycles. The largest absolute Gasteiger partial charge is 0.461 e. The van der Waals surface area contributed by atoms with Crippen LogP contribution < -0.4 is 5.32 Å². The molecule has 7 heteroatoms. The Morgan fingerprint density at radius 3 is 2.37 bits per heavy atom. The van der Waals surface area contributed by atoms with E-state index >= 15 is 0 Å². The highest BCUT2D eigenvalue weighted by Gasteiger charge is 2.22. The van der Waals surface area contributed by atoms with E-state index in [9.17, 15) is 9.59 Å². The lowest BCUT2D eigenvalue weighted by Gasteiger charge is -2.28. The Morgan fingerprint density at radius 1 is 1.00 bits per heavy atom. The first-order chi connectivity index (χ1) is 17.9. The van der Waals surface area contributed by atoms with Gasteiger partial charge in [0.25, 0.3) is 0 Å². The number of carbonyl (C=O) groups is 2. The van der Waals surface area contributed by atoms with E-state index in [1.165, 1.54) is 6.42 Å². The second-order valence-electron chi connectivity index (χ2n) is 11.6. The second-order valence-corrected chi connectivity index (χ2v) is 13.0. The lowest BCUT2D eigenvalue weighted by Crippen LogP contribution is -2.36. The zero-order valence-electron chi connectivity index (χ0n) is 25.0. The van der Waals surface area contributed by atoms with Crippen LogP contribution in [0, 0.1) is 5.92 Å². The topological polar surface area (TPSA) is 73.9 Å². The maximum atomic E-state index is 12.7. The highest BCUT2D eigenvalue weighted by Crippen LogP contribution is 2.26. The van der Waals surface area contributed by atoms with Gasteiger partial charge in [0.05, 0.1) is 24.2 Å². The predicted molar refractivity (Wildman–Crippen MR) is 158 cm³/mol. The van der Waals surface area contributed by atoms with E-state index in [-0.39, 0.29) is 29.0 Å². The molecule has 0 aliphatic rings. The number of unbranched alkanes of at least 4 members (excludes halogenated alkanes) is 2. The van der Waals surface area contributed by atoms with Crippen LogP contribution in [0.1, 0.15) is 99.0 Å². The van der Waals surface area contributed by atoms with Gasteiger partial charge in [-0.3, -0.25) is 9.59 Å². The summed E-state index contributed by atoms with van der Waals surface area (Å²) in [5, 5.41) is 3.39. The number of thioether (sulfide) groups is 1. The average molecular weight is 552 g/mol. The highest BCUT2D eigenvalue weighted by molar-refractivity contribution is 7.99. The van der Waals surface area contributed by atoms with Gasteiger partial charge in [0, 0.05) is 30.1 Å². The van der Waals surface area contributed by atoms with Crippen LogP contribution >= 0.6 is 11.8 Å². The van der Waals surface area contributed by atoms with Crippen molar-refractivity contribution >= 4 is 23.6 Å². The van der Waals surface area contributed by atoms with Crippen molar-refractivity contribution in [3.05, 3.63) is 35.9 Å². The van der Waals surface area contributed by atoms with Gasteiger partial charge in [-0.2, -0.15) is 11.8 Å². The minimum absolute atomic E-state index is 0.0610. The molecule has 0 bridgehead atoms. The maximum absolute atomic E-state index is 12.7. The summed E-state index contributed by atoms with van der Waals surface area (Å²) >= 11 is 1.79. The van der Waals surface area contributed by atoms with Crippen molar-refractivity contribution in [2.75, 3.05) is 25.5 Å². The zero-order chi connectivity index (χ0) is 28.4. The SMILES string of the molecule is CCCCCC(CC(C)C(=O)NCCOC(C)(C)CCOC(C)(C)C)SCCC(=O)OCc1ccccc1. The number of nitrogens with one attached hydrogen (secondary N) is 1. The molecule has 1 N–H and O–H groups in total. The molecule has 0 spiro atoms. The Kier molecular flexibility index (Phi) is 16.9. The fraction of sp³-hybridized carbons (Fsp3) is 0.742. The fourth-order valence-electron chi connectivity index (χ4n) is 3.86. The first kappa shape index (κ1) is 34.5. The number of benzene rings is 1. The van der Waals surface area contributed by atoms with Gasteiger partial charge < -0.3 is 19.5 Å².